The summed E-state index contributed by atoms with van der Waals surface area (Å²) < 4.78 is 18.4. The van der Waals surface area contributed by atoms with Crippen LogP contribution in [0.5, 0.6) is 0 Å². The lowest BCUT2D eigenvalue weighted by Crippen LogP contribution is -2.41. The minimum Gasteiger partial charge on any atom is -0.444 e. The number of thiophene rings is 2. The lowest BCUT2D eigenvalue weighted by molar-refractivity contribution is 0.0204. The SMILES string of the molecule is C.CC(C)(C)OC(=O)N1CCC(c2noc3ccsc23)CC1.Cl.[HH].c1cc2onc(C3CCNCC3)c2s1. The van der Waals surface area contributed by atoms with E-state index in [4.69, 9.17) is 13.8 Å². The number of aromatic nitrogens is 2. The van der Waals surface area contributed by atoms with Crippen molar-refractivity contribution >= 4 is 61.7 Å². The molecule has 2 fully saturated rings. The standard InChI is InChI=1S/C15H20N2O3S.C10H12N2OS.CH4.ClH.H2/c1-15(2,3)19-14(18)17-7-4-10(5-8-17)12-13-11(20-16-12)6-9-21-13;1-4-11-5-2-7(1)9-10-8(13-12-9)3-6-14-10;;;/h6,9-10H,4-5,7-8H2,1-3H3;3,6-7,11H,1-2,4-5H2;1H4;2*1H. The van der Waals surface area contributed by atoms with E-state index in [1.807, 2.05) is 38.3 Å². The van der Waals surface area contributed by atoms with Crippen molar-refractivity contribution < 1.29 is 20.0 Å². The van der Waals surface area contributed by atoms with Gasteiger partial charge in [-0.05, 0) is 82.4 Å². The molecule has 2 aliphatic rings. The maximum absolute atomic E-state index is 12.0. The maximum atomic E-state index is 12.0. The fraction of sp³-hybridized carbons (Fsp3) is 0.577. The van der Waals surface area contributed by atoms with E-state index in [9.17, 15) is 4.79 Å². The van der Waals surface area contributed by atoms with Crippen LogP contribution >= 0.6 is 35.1 Å². The number of ether oxygens (including phenoxy) is 1. The van der Waals surface area contributed by atoms with Gasteiger partial charge in [-0.3, -0.25) is 0 Å². The summed E-state index contributed by atoms with van der Waals surface area (Å²) in [5.41, 5.74) is 3.59. The monoisotopic (exact) mass is 570 g/mol. The molecule has 2 aliphatic heterocycles. The van der Waals surface area contributed by atoms with Crippen molar-refractivity contribution in [2.75, 3.05) is 26.2 Å². The van der Waals surface area contributed by atoms with Gasteiger partial charge in [-0.15, -0.1) is 35.1 Å². The third-order valence-corrected chi connectivity index (χ3v) is 8.30. The number of halogens is 1. The minimum atomic E-state index is -0.441. The second-order valence-electron chi connectivity index (χ2n) is 10.1. The second kappa shape index (κ2) is 12.6. The van der Waals surface area contributed by atoms with Crippen LogP contribution in [0.4, 0.5) is 4.79 Å². The molecule has 0 aliphatic carbocycles. The van der Waals surface area contributed by atoms with E-state index in [2.05, 4.69) is 21.0 Å². The number of carbonyl (C=O) groups is 1. The van der Waals surface area contributed by atoms with E-state index < -0.39 is 5.60 Å². The van der Waals surface area contributed by atoms with Crippen LogP contribution in [0.2, 0.25) is 0 Å². The van der Waals surface area contributed by atoms with Gasteiger partial charge in [0.25, 0.3) is 0 Å². The van der Waals surface area contributed by atoms with E-state index in [1.54, 1.807) is 27.6 Å². The number of hydrogen-bond donors (Lipinski definition) is 1. The zero-order valence-corrected chi connectivity index (χ0v) is 23.3. The summed E-state index contributed by atoms with van der Waals surface area (Å²) in [4.78, 5) is 13.8. The summed E-state index contributed by atoms with van der Waals surface area (Å²) in [6.45, 7) is 9.29. The fourth-order valence-electron chi connectivity index (χ4n) is 4.67. The van der Waals surface area contributed by atoms with Crippen LogP contribution in [-0.2, 0) is 4.74 Å². The van der Waals surface area contributed by atoms with Crippen molar-refractivity contribution in [3.63, 3.8) is 0 Å². The molecule has 1 amide bonds. The minimum absolute atomic E-state index is 0. The largest absolute Gasteiger partial charge is 0.444 e. The van der Waals surface area contributed by atoms with Gasteiger partial charge in [0.1, 0.15) is 17.0 Å². The van der Waals surface area contributed by atoms with E-state index in [0.29, 0.717) is 24.9 Å². The van der Waals surface area contributed by atoms with Crippen LogP contribution < -0.4 is 5.32 Å². The van der Waals surface area contributed by atoms with Crippen LogP contribution in [0.1, 0.15) is 78.5 Å². The molecule has 2 saturated heterocycles. The molecule has 1 N–H and O–H groups in total. The molecule has 0 spiro atoms. The molecule has 4 aromatic rings. The highest BCUT2D eigenvalue weighted by Crippen LogP contribution is 2.35. The zero-order chi connectivity index (χ0) is 24.4. The molecule has 0 atom stereocenters. The topological polar surface area (TPSA) is 93.6 Å². The van der Waals surface area contributed by atoms with Crippen molar-refractivity contribution in [2.24, 2.45) is 0 Å². The Hall–Kier alpha value is -2.14. The Morgan fingerprint density at radius 3 is 1.95 bits per heavy atom. The Labute approximate surface area is 233 Å². The summed E-state index contributed by atoms with van der Waals surface area (Å²) in [5, 5.41) is 15.9. The quantitative estimate of drug-likeness (QED) is 0.264. The molecule has 0 unspecified atom stereocenters. The number of hydrogen-bond acceptors (Lipinski definition) is 9. The first kappa shape index (κ1) is 29.4. The van der Waals surface area contributed by atoms with Gasteiger partial charge in [-0.1, -0.05) is 17.7 Å². The lowest BCUT2D eigenvalue weighted by Gasteiger charge is -2.32. The van der Waals surface area contributed by atoms with Gasteiger partial charge < -0.3 is 24.0 Å². The molecule has 6 heterocycles. The molecule has 206 valence electrons. The number of amides is 1. The summed E-state index contributed by atoms with van der Waals surface area (Å²) in [6, 6.07) is 3.95. The van der Waals surface area contributed by atoms with Crippen LogP contribution in [0.25, 0.3) is 20.6 Å². The Bertz CT molecular complexity index is 1270. The smallest absolute Gasteiger partial charge is 0.410 e. The molecule has 37 heavy (non-hydrogen) atoms. The molecule has 0 saturated carbocycles. The number of nitrogens with zero attached hydrogens (tertiary/aromatic N) is 3. The molecular weight excluding hydrogens is 532 g/mol. The third kappa shape index (κ3) is 6.85. The summed E-state index contributed by atoms with van der Waals surface area (Å²) in [6.07, 6.45) is 3.94. The average molecular weight is 571 g/mol. The number of nitrogens with one attached hydrogen (secondary N) is 1. The number of likely N-dealkylation sites (tertiary alicyclic amines) is 1. The Morgan fingerprint density at radius 2 is 1.46 bits per heavy atom. The van der Waals surface area contributed by atoms with Crippen LogP contribution in [0.3, 0.4) is 0 Å². The highest BCUT2D eigenvalue weighted by Gasteiger charge is 2.30. The van der Waals surface area contributed by atoms with Crippen molar-refractivity contribution in [1.82, 2.24) is 20.5 Å². The van der Waals surface area contributed by atoms with Crippen molar-refractivity contribution in [2.45, 2.75) is 71.3 Å². The Kier molecular flexibility index (Phi) is 10.0. The van der Waals surface area contributed by atoms with E-state index in [1.165, 1.54) is 23.2 Å². The van der Waals surface area contributed by atoms with Gasteiger partial charge >= 0.3 is 6.09 Å². The summed E-state index contributed by atoms with van der Waals surface area (Å²) >= 11 is 3.41. The van der Waals surface area contributed by atoms with Crippen molar-refractivity contribution in [1.29, 1.82) is 0 Å². The molecular formula is C26H39ClN4O4S2. The predicted molar refractivity (Wildman–Crippen MR) is 154 cm³/mol. The van der Waals surface area contributed by atoms with Crippen molar-refractivity contribution in [3.05, 3.63) is 34.3 Å². The maximum Gasteiger partial charge on any atom is 0.410 e. The molecule has 4 aromatic heterocycles. The molecule has 0 bridgehead atoms. The van der Waals surface area contributed by atoms with Gasteiger partial charge in [-0.2, -0.15) is 0 Å². The van der Waals surface area contributed by atoms with Crippen LogP contribution in [0.15, 0.2) is 31.9 Å². The lowest BCUT2D eigenvalue weighted by atomic mass is 9.94. The van der Waals surface area contributed by atoms with E-state index in [0.717, 1.165) is 47.5 Å². The van der Waals surface area contributed by atoms with Crippen molar-refractivity contribution in [3.8, 4) is 0 Å². The van der Waals surface area contributed by atoms with Gasteiger partial charge in [0.2, 0.25) is 0 Å². The average Bonchev–Trinajstić information content (AvgIpc) is 3.61. The van der Waals surface area contributed by atoms with E-state index >= 15 is 0 Å². The summed E-state index contributed by atoms with van der Waals surface area (Å²) in [5.74, 6) is 0.958. The van der Waals surface area contributed by atoms with Gasteiger partial charge in [-0.25, -0.2) is 4.79 Å². The molecule has 0 radical (unpaired) electrons. The predicted octanol–water partition coefficient (Wildman–Crippen LogP) is 7.66. The first-order chi connectivity index (χ1) is 16.9. The van der Waals surface area contributed by atoms with Crippen LogP contribution in [-0.4, -0.2) is 53.1 Å². The second-order valence-corrected chi connectivity index (χ2v) is 12.0. The Morgan fingerprint density at radius 1 is 0.973 bits per heavy atom. The Balaban J connectivity index is 0.000000263. The first-order valence-corrected chi connectivity index (χ1v) is 14.0. The number of carbonyl (C=O) groups excluding carboxylic acids is 1. The summed E-state index contributed by atoms with van der Waals surface area (Å²) in [7, 11) is 0. The molecule has 11 heteroatoms. The highest BCUT2D eigenvalue weighted by molar-refractivity contribution is 7.17. The molecule has 8 nitrogen and oxygen atoms in total. The molecule has 0 aromatic carbocycles. The molecule has 6 rings (SSSR count). The number of piperidine rings is 2. The normalized spacial score (nSPS) is 17.1. The zero-order valence-electron chi connectivity index (χ0n) is 20.8. The highest BCUT2D eigenvalue weighted by atomic mass is 35.5. The third-order valence-electron chi connectivity index (χ3n) is 6.47. The fourth-order valence-corrected chi connectivity index (χ4v) is 6.42. The van der Waals surface area contributed by atoms with Gasteiger partial charge in [0.05, 0.1) is 9.40 Å². The number of fused-ring (bicyclic) bond motifs is 2. The van der Waals surface area contributed by atoms with Crippen LogP contribution in [0, 0.1) is 0 Å². The van der Waals surface area contributed by atoms with E-state index in [-0.39, 0.29) is 27.4 Å². The first-order valence-electron chi connectivity index (χ1n) is 12.2. The number of rotatable bonds is 2. The van der Waals surface area contributed by atoms with Gasteiger partial charge in [0, 0.05) is 26.4 Å². The van der Waals surface area contributed by atoms with Gasteiger partial charge in [0.15, 0.2) is 11.2 Å².